The van der Waals surface area contributed by atoms with Crippen molar-refractivity contribution in [2.24, 2.45) is 0 Å². The van der Waals surface area contributed by atoms with Crippen molar-refractivity contribution >= 4 is 6.09 Å². The fraction of sp³-hybridized carbons (Fsp3) is 0.438. The van der Waals surface area contributed by atoms with Gasteiger partial charge in [-0.2, -0.15) is 0 Å². The number of benzene rings is 1. The second kappa shape index (κ2) is 6.44. The maximum atomic E-state index is 11.9. The molecule has 0 saturated carbocycles. The summed E-state index contributed by atoms with van der Waals surface area (Å²) in [4.78, 5) is 13.4. The molecule has 1 aromatic carbocycles. The highest BCUT2D eigenvalue weighted by Gasteiger charge is 2.25. The number of hydrogen-bond acceptors (Lipinski definition) is 3. The predicted octanol–water partition coefficient (Wildman–Crippen LogP) is 2.35. The van der Waals surface area contributed by atoms with E-state index in [4.69, 9.17) is 11.2 Å². The van der Waals surface area contributed by atoms with Crippen LogP contribution < -0.4 is 10.1 Å². The summed E-state index contributed by atoms with van der Waals surface area (Å²) >= 11 is 0. The summed E-state index contributed by atoms with van der Waals surface area (Å²) in [5.41, 5.74) is 2.30. The molecule has 0 bridgehead atoms. The van der Waals surface area contributed by atoms with Crippen LogP contribution in [0.25, 0.3) is 0 Å². The first kappa shape index (κ1) is 14.4. The van der Waals surface area contributed by atoms with Crippen LogP contribution in [0.5, 0.6) is 5.75 Å². The second-order valence-electron chi connectivity index (χ2n) is 4.88. The maximum absolute atomic E-state index is 11.9. The Bertz CT molecular complexity index is 534. The Hall–Kier alpha value is -1.99. The van der Waals surface area contributed by atoms with Crippen molar-refractivity contribution in [2.45, 2.75) is 25.8 Å². The quantitative estimate of drug-likeness (QED) is 0.855. The fourth-order valence-electron chi connectivity index (χ4n) is 2.41. The summed E-state index contributed by atoms with van der Waals surface area (Å²) in [5, 5.41) is 3.31. The molecule has 0 saturated heterocycles. The summed E-state index contributed by atoms with van der Waals surface area (Å²) in [5.74, 6) is 3.26. The first-order valence-electron chi connectivity index (χ1n) is 6.89. The van der Waals surface area contributed by atoms with E-state index in [0.717, 1.165) is 18.4 Å². The number of carbonyl (C=O) groups is 1. The average molecular weight is 272 g/mol. The lowest BCUT2D eigenvalue weighted by molar-refractivity contribution is 0.165. The third-order valence-electron chi connectivity index (χ3n) is 3.66. The van der Waals surface area contributed by atoms with Gasteiger partial charge in [-0.05, 0) is 37.0 Å². The third kappa shape index (κ3) is 2.94. The average Bonchev–Trinajstić information content (AvgIpc) is 2.88. The fourth-order valence-corrected chi connectivity index (χ4v) is 2.41. The van der Waals surface area contributed by atoms with E-state index < -0.39 is 0 Å². The largest absolute Gasteiger partial charge is 0.414 e. The lowest BCUT2D eigenvalue weighted by Crippen LogP contribution is -2.29. The van der Waals surface area contributed by atoms with Gasteiger partial charge in [0.25, 0.3) is 0 Å². The number of amides is 1. The van der Waals surface area contributed by atoms with Crippen LogP contribution in [0, 0.1) is 12.3 Å². The van der Waals surface area contributed by atoms with Gasteiger partial charge in [0.1, 0.15) is 5.75 Å². The molecule has 4 heteroatoms. The van der Waals surface area contributed by atoms with Gasteiger partial charge in [-0.3, -0.25) is 5.32 Å². The van der Waals surface area contributed by atoms with Crippen molar-refractivity contribution in [2.75, 3.05) is 20.1 Å². The van der Waals surface area contributed by atoms with E-state index in [9.17, 15) is 4.79 Å². The van der Waals surface area contributed by atoms with E-state index in [0.29, 0.717) is 18.8 Å². The van der Waals surface area contributed by atoms with Crippen molar-refractivity contribution < 1.29 is 9.53 Å². The van der Waals surface area contributed by atoms with Crippen LogP contribution >= 0.6 is 0 Å². The van der Waals surface area contributed by atoms with Crippen molar-refractivity contribution in [1.29, 1.82) is 0 Å². The van der Waals surface area contributed by atoms with E-state index in [2.05, 4.69) is 17.3 Å². The minimum absolute atomic E-state index is 0.253. The van der Waals surface area contributed by atoms with Crippen LogP contribution in [-0.2, 0) is 6.42 Å². The van der Waals surface area contributed by atoms with Crippen LogP contribution in [0.15, 0.2) is 18.2 Å². The van der Waals surface area contributed by atoms with Gasteiger partial charge in [-0.25, -0.2) is 4.79 Å². The molecule has 106 valence electrons. The molecule has 1 atom stereocenters. The summed E-state index contributed by atoms with van der Waals surface area (Å²) in [6, 6.07) is 6.09. The monoisotopic (exact) mass is 272 g/mol. The standard InChI is InChI=1S/C16H20N2O2/c1-4-11-17-14-10-9-13-12(14)7-6-8-15(13)20-16(19)18(3)5-2/h1,6-8,14,17H,5,9-11H2,2-3H3/t14-/m1/s1. The zero-order chi connectivity index (χ0) is 14.5. The summed E-state index contributed by atoms with van der Waals surface area (Å²) < 4.78 is 5.48. The maximum Gasteiger partial charge on any atom is 0.414 e. The smallest absolute Gasteiger partial charge is 0.410 e. The Morgan fingerprint density at radius 3 is 3.10 bits per heavy atom. The SMILES string of the molecule is C#CCN[C@@H]1CCc2c(OC(=O)N(C)CC)cccc21. The molecule has 4 nitrogen and oxygen atoms in total. The topological polar surface area (TPSA) is 41.6 Å². The van der Waals surface area contributed by atoms with E-state index in [1.54, 1.807) is 11.9 Å². The predicted molar refractivity (Wildman–Crippen MR) is 78.7 cm³/mol. The molecular weight excluding hydrogens is 252 g/mol. The van der Waals surface area contributed by atoms with E-state index >= 15 is 0 Å². The number of nitrogens with one attached hydrogen (secondary N) is 1. The number of carbonyl (C=O) groups excluding carboxylic acids is 1. The number of terminal acetylenes is 1. The van der Waals surface area contributed by atoms with Crippen LogP contribution in [0.4, 0.5) is 4.79 Å². The molecule has 1 aliphatic carbocycles. The number of nitrogens with zero attached hydrogens (tertiary/aromatic N) is 1. The summed E-state index contributed by atoms with van der Waals surface area (Å²) in [6.07, 6.45) is 6.85. The lowest BCUT2D eigenvalue weighted by Gasteiger charge is -2.16. The molecule has 0 aromatic heterocycles. The first-order valence-corrected chi connectivity index (χ1v) is 6.89. The van der Waals surface area contributed by atoms with Crippen molar-refractivity contribution in [3.63, 3.8) is 0 Å². The van der Waals surface area contributed by atoms with Gasteiger partial charge in [-0.1, -0.05) is 18.1 Å². The minimum atomic E-state index is -0.319. The number of ether oxygens (including phenoxy) is 1. The van der Waals surface area contributed by atoms with Crippen LogP contribution in [0.2, 0.25) is 0 Å². The van der Waals surface area contributed by atoms with Gasteiger partial charge in [0.05, 0.1) is 6.54 Å². The molecular formula is C16H20N2O2. The number of fused-ring (bicyclic) bond motifs is 1. The summed E-state index contributed by atoms with van der Waals surface area (Å²) in [7, 11) is 1.72. The third-order valence-corrected chi connectivity index (χ3v) is 3.66. The molecule has 0 radical (unpaired) electrons. The normalized spacial score (nSPS) is 16.4. The summed E-state index contributed by atoms with van der Waals surface area (Å²) in [6.45, 7) is 3.09. The van der Waals surface area contributed by atoms with Gasteiger partial charge < -0.3 is 9.64 Å². The molecule has 1 N–H and O–H groups in total. The molecule has 1 aliphatic rings. The van der Waals surface area contributed by atoms with Crippen molar-refractivity contribution in [1.82, 2.24) is 10.2 Å². The molecule has 0 fully saturated rings. The van der Waals surface area contributed by atoms with Crippen LogP contribution in [-0.4, -0.2) is 31.1 Å². The zero-order valence-corrected chi connectivity index (χ0v) is 12.0. The molecule has 1 amide bonds. The van der Waals surface area contributed by atoms with E-state index in [1.807, 2.05) is 19.1 Å². The Balaban J connectivity index is 2.16. The Morgan fingerprint density at radius 1 is 1.60 bits per heavy atom. The Morgan fingerprint density at radius 2 is 2.40 bits per heavy atom. The van der Waals surface area contributed by atoms with E-state index in [1.165, 1.54) is 5.56 Å². The molecule has 0 spiro atoms. The zero-order valence-electron chi connectivity index (χ0n) is 12.0. The lowest BCUT2D eigenvalue weighted by atomic mass is 10.1. The van der Waals surface area contributed by atoms with Crippen LogP contribution in [0.1, 0.15) is 30.5 Å². The van der Waals surface area contributed by atoms with Crippen molar-refractivity contribution in [3.8, 4) is 18.1 Å². The van der Waals surface area contributed by atoms with E-state index in [-0.39, 0.29) is 12.1 Å². The molecule has 2 rings (SSSR count). The molecule has 0 unspecified atom stereocenters. The first-order chi connectivity index (χ1) is 9.67. The minimum Gasteiger partial charge on any atom is -0.410 e. The van der Waals surface area contributed by atoms with Crippen LogP contribution in [0.3, 0.4) is 0 Å². The molecule has 20 heavy (non-hydrogen) atoms. The Labute approximate surface area is 120 Å². The van der Waals surface area contributed by atoms with Gasteiger partial charge >= 0.3 is 6.09 Å². The van der Waals surface area contributed by atoms with Crippen molar-refractivity contribution in [3.05, 3.63) is 29.3 Å². The second-order valence-corrected chi connectivity index (χ2v) is 4.88. The number of hydrogen-bond donors (Lipinski definition) is 1. The highest BCUT2D eigenvalue weighted by atomic mass is 16.6. The number of rotatable bonds is 4. The molecule has 0 aliphatic heterocycles. The van der Waals surface area contributed by atoms with Gasteiger partial charge in [0.2, 0.25) is 0 Å². The Kier molecular flexibility index (Phi) is 4.65. The molecule has 1 aromatic rings. The van der Waals surface area contributed by atoms with Gasteiger partial charge in [0, 0.05) is 19.6 Å². The highest BCUT2D eigenvalue weighted by molar-refractivity contribution is 5.71. The highest BCUT2D eigenvalue weighted by Crippen LogP contribution is 2.36. The molecule has 0 heterocycles. The van der Waals surface area contributed by atoms with Gasteiger partial charge in [-0.15, -0.1) is 6.42 Å². The van der Waals surface area contributed by atoms with Gasteiger partial charge in [0.15, 0.2) is 0 Å².